The molecule has 0 aliphatic carbocycles. The van der Waals surface area contributed by atoms with Gasteiger partial charge in [-0.2, -0.15) is 13.2 Å². The van der Waals surface area contributed by atoms with Crippen molar-refractivity contribution in [3.63, 3.8) is 0 Å². The summed E-state index contributed by atoms with van der Waals surface area (Å²) >= 11 is 0. The Labute approximate surface area is 97.8 Å². The third-order valence-electron chi connectivity index (χ3n) is 2.24. The Bertz CT molecular complexity index is 371. The molecule has 17 heavy (non-hydrogen) atoms. The number of nitrogens with one attached hydrogen (secondary N) is 1. The number of hydrogen-bond acceptors (Lipinski definition) is 1. The molecule has 0 saturated heterocycles. The molecular weight excluding hydrogens is 234 g/mol. The van der Waals surface area contributed by atoms with Crippen molar-refractivity contribution in [3.8, 4) is 0 Å². The summed E-state index contributed by atoms with van der Waals surface area (Å²) in [7, 11) is 0. The van der Waals surface area contributed by atoms with E-state index in [0.29, 0.717) is 12.5 Å². The van der Waals surface area contributed by atoms with Crippen molar-refractivity contribution in [2.24, 2.45) is 5.92 Å². The van der Waals surface area contributed by atoms with Crippen molar-refractivity contribution in [2.75, 3.05) is 6.54 Å². The largest absolute Gasteiger partial charge is 0.416 e. The quantitative estimate of drug-likeness (QED) is 0.804. The molecule has 0 bridgehead atoms. The van der Waals surface area contributed by atoms with Crippen LogP contribution in [0.4, 0.5) is 17.6 Å². The van der Waals surface area contributed by atoms with E-state index >= 15 is 0 Å². The minimum atomic E-state index is -4.43. The van der Waals surface area contributed by atoms with Crippen LogP contribution in [0, 0.1) is 11.7 Å². The Morgan fingerprint density at radius 3 is 2.41 bits per heavy atom. The Hall–Kier alpha value is -1.10. The maximum Gasteiger partial charge on any atom is 0.416 e. The van der Waals surface area contributed by atoms with Crippen LogP contribution in [0.3, 0.4) is 0 Å². The SMILES string of the molecule is CC(C)CNCc1cc(C(F)(F)F)ccc1F. The molecule has 1 rings (SSSR count). The Morgan fingerprint density at radius 1 is 1.24 bits per heavy atom. The van der Waals surface area contributed by atoms with Gasteiger partial charge < -0.3 is 5.32 Å². The van der Waals surface area contributed by atoms with Gasteiger partial charge in [-0.15, -0.1) is 0 Å². The molecule has 1 aromatic carbocycles. The van der Waals surface area contributed by atoms with Crippen LogP contribution in [0.15, 0.2) is 18.2 Å². The van der Waals surface area contributed by atoms with Crippen LogP contribution in [0.2, 0.25) is 0 Å². The summed E-state index contributed by atoms with van der Waals surface area (Å²) in [6.45, 7) is 4.68. The maximum atomic E-state index is 13.3. The topological polar surface area (TPSA) is 12.0 Å². The molecule has 1 N–H and O–H groups in total. The fourth-order valence-corrected chi connectivity index (χ4v) is 1.38. The first-order valence-electron chi connectivity index (χ1n) is 5.37. The third-order valence-corrected chi connectivity index (χ3v) is 2.24. The van der Waals surface area contributed by atoms with Crippen molar-refractivity contribution in [1.82, 2.24) is 5.32 Å². The van der Waals surface area contributed by atoms with Crippen LogP contribution >= 0.6 is 0 Å². The molecule has 1 nitrogen and oxygen atoms in total. The highest BCUT2D eigenvalue weighted by Crippen LogP contribution is 2.30. The van der Waals surface area contributed by atoms with Gasteiger partial charge in [0.2, 0.25) is 0 Å². The average Bonchev–Trinajstić information content (AvgIpc) is 2.18. The molecule has 0 aromatic heterocycles. The van der Waals surface area contributed by atoms with Gasteiger partial charge >= 0.3 is 6.18 Å². The van der Waals surface area contributed by atoms with E-state index in [2.05, 4.69) is 5.32 Å². The summed E-state index contributed by atoms with van der Waals surface area (Å²) in [5, 5.41) is 2.91. The second kappa shape index (κ2) is 5.49. The Balaban J connectivity index is 2.77. The average molecular weight is 249 g/mol. The molecule has 0 aliphatic heterocycles. The van der Waals surface area contributed by atoms with Crippen molar-refractivity contribution in [3.05, 3.63) is 35.1 Å². The minimum Gasteiger partial charge on any atom is -0.312 e. The smallest absolute Gasteiger partial charge is 0.312 e. The molecule has 0 unspecified atom stereocenters. The minimum absolute atomic E-state index is 0.0421. The summed E-state index contributed by atoms with van der Waals surface area (Å²) in [5.41, 5.74) is -0.777. The van der Waals surface area contributed by atoms with E-state index in [1.807, 2.05) is 13.8 Å². The van der Waals surface area contributed by atoms with E-state index in [0.717, 1.165) is 18.2 Å². The van der Waals surface area contributed by atoms with E-state index in [1.165, 1.54) is 0 Å². The van der Waals surface area contributed by atoms with Gasteiger partial charge in [-0.25, -0.2) is 4.39 Å². The van der Waals surface area contributed by atoms with Gasteiger partial charge in [0.05, 0.1) is 5.56 Å². The fraction of sp³-hybridized carbons (Fsp3) is 0.500. The molecule has 1 aromatic rings. The van der Waals surface area contributed by atoms with Gasteiger partial charge in [-0.1, -0.05) is 13.8 Å². The molecule has 0 fully saturated rings. The van der Waals surface area contributed by atoms with E-state index in [9.17, 15) is 17.6 Å². The van der Waals surface area contributed by atoms with Gasteiger partial charge in [0.1, 0.15) is 5.82 Å². The summed E-state index contributed by atoms with van der Waals surface area (Å²) < 4.78 is 50.5. The van der Waals surface area contributed by atoms with Gasteiger partial charge in [0.15, 0.2) is 0 Å². The third kappa shape index (κ3) is 4.34. The van der Waals surface area contributed by atoms with E-state index in [-0.39, 0.29) is 12.1 Å². The highest BCUT2D eigenvalue weighted by Gasteiger charge is 2.30. The number of halogens is 4. The molecule has 0 aliphatic rings. The zero-order chi connectivity index (χ0) is 13.1. The van der Waals surface area contributed by atoms with Crippen LogP contribution in [-0.4, -0.2) is 6.54 Å². The fourth-order valence-electron chi connectivity index (χ4n) is 1.38. The summed E-state index contributed by atoms with van der Waals surface area (Å²) in [5.74, 6) is -0.252. The molecule has 96 valence electrons. The molecule has 0 heterocycles. The number of rotatable bonds is 4. The summed E-state index contributed by atoms with van der Waals surface area (Å²) in [6, 6.07) is 2.46. The maximum absolute atomic E-state index is 13.3. The first-order chi connectivity index (χ1) is 7.80. The van der Waals surface area contributed by atoms with E-state index < -0.39 is 17.6 Å². The first-order valence-corrected chi connectivity index (χ1v) is 5.37. The standard InChI is InChI=1S/C12H15F4N/c1-8(2)6-17-7-9-5-10(12(14,15)16)3-4-11(9)13/h3-5,8,17H,6-7H2,1-2H3. The number of hydrogen-bond donors (Lipinski definition) is 1. The molecule has 0 saturated carbocycles. The number of alkyl halides is 3. The summed E-state index contributed by atoms with van der Waals surface area (Å²) in [6.07, 6.45) is -4.43. The normalized spacial score (nSPS) is 12.2. The second-order valence-electron chi connectivity index (χ2n) is 4.33. The van der Waals surface area contributed by atoms with Crippen LogP contribution in [0.25, 0.3) is 0 Å². The highest BCUT2D eigenvalue weighted by molar-refractivity contribution is 5.27. The Kier molecular flexibility index (Phi) is 4.51. The molecule has 0 amide bonds. The van der Waals surface area contributed by atoms with E-state index in [1.54, 1.807) is 0 Å². The molecule has 0 atom stereocenters. The van der Waals surface area contributed by atoms with Crippen molar-refractivity contribution >= 4 is 0 Å². The van der Waals surface area contributed by atoms with Gasteiger partial charge in [0.25, 0.3) is 0 Å². The predicted octanol–water partition coefficient (Wildman–Crippen LogP) is 3.59. The van der Waals surface area contributed by atoms with Gasteiger partial charge in [-0.05, 0) is 30.7 Å². The molecular formula is C12H15F4N. The molecule has 5 heteroatoms. The lowest BCUT2D eigenvalue weighted by Gasteiger charge is -2.11. The summed E-state index contributed by atoms with van der Waals surface area (Å²) in [4.78, 5) is 0. The van der Waals surface area contributed by atoms with Gasteiger partial charge in [0, 0.05) is 12.1 Å². The van der Waals surface area contributed by atoms with Crippen LogP contribution in [0.5, 0.6) is 0 Å². The predicted molar refractivity (Wildman–Crippen MR) is 57.9 cm³/mol. The molecule has 0 radical (unpaired) electrons. The highest BCUT2D eigenvalue weighted by atomic mass is 19.4. The monoisotopic (exact) mass is 249 g/mol. The van der Waals surface area contributed by atoms with Crippen molar-refractivity contribution in [2.45, 2.75) is 26.6 Å². The first kappa shape index (κ1) is 14.0. The van der Waals surface area contributed by atoms with Crippen LogP contribution < -0.4 is 5.32 Å². The lowest BCUT2D eigenvalue weighted by atomic mass is 10.1. The molecule has 0 spiro atoms. The lowest BCUT2D eigenvalue weighted by molar-refractivity contribution is -0.137. The number of benzene rings is 1. The zero-order valence-corrected chi connectivity index (χ0v) is 9.74. The van der Waals surface area contributed by atoms with Gasteiger partial charge in [-0.3, -0.25) is 0 Å². The van der Waals surface area contributed by atoms with Crippen molar-refractivity contribution in [1.29, 1.82) is 0 Å². The van der Waals surface area contributed by atoms with Crippen molar-refractivity contribution < 1.29 is 17.6 Å². The van der Waals surface area contributed by atoms with E-state index in [4.69, 9.17) is 0 Å². The Morgan fingerprint density at radius 2 is 1.88 bits per heavy atom. The second-order valence-corrected chi connectivity index (χ2v) is 4.33. The zero-order valence-electron chi connectivity index (χ0n) is 9.74. The van der Waals surface area contributed by atoms with Crippen LogP contribution in [0.1, 0.15) is 25.0 Å². The van der Waals surface area contributed by atoms with Crippen LogP contribution in [-0.2, 0) is 12.7 Å². The lowest BCUT2D eigenvalue weighted by Crippen LogP contribution is -2.20.